The van der Waals surface area contributed by atoms with Gasteiger partial charge in [0.15, 0.2) is 0 Å². The number of carbonyl (C=O) groups excluding carboxylic acids is 3. The van der Waals surface area contributed by atoms with E-state index in [0.29, 0.717) is 18.5 Å². The SMILES string of the molecule is CCC1(c2ccccc2)NC(=O)N(CC(=O)N2CCCC2c2ccc(F)cc2)C1=O. The number of benzene rings is 2. The molecule has 4 rings (SSSR count). The Kier molecular flexibility index (Phi) is 5.28. The third kappa shape index (κ3) is 3.34. The smallest absolute Gasteiger partial charge is 0.325 e. The molecule has 2 aromatic carbocycles. The molecule has 7 heteroatoms. The lowest BCUT2D eigenvalue weighted by Gasteiger charge is -2.28. The van der Waals surface area contributed by atoms with Crippen LogP contribution in [0.1, 0.15) is 43.4 Å². The predicted molar refractivity (Wildman–Crippen MR) is 109 cm³/mol. The highest BCUT2D eigenvalue weighted by Gasteiger charge is 2.52. The van der Waals surface area contributed by atoms with Crippen LogP contribution >= 0.6 is 0 Å². The third-order valence-corrected chi connectivity index (χ3v) is 6.09. The van der Waals surface area contributed by atoms with Crippen molar-refractivity contribution in [2.75, 3.05) is 13.1 Å². The first kappa shape index (κ1) is 20.1. The highest BCUT2D eigenvalue weighted by atomic mass is 19.1. The zero-order chi connectivity index (χ0) is 21.3. The van der Waals surface area contributed by atoms with Crippen LogP contribution in [-0.2, 0) is 15.1 Å². The Morgan fingerprint density at radius 3 is 2.50 bits per heavy atom. The van der Waals surface area contributed by atoms with E-state index in [2.05, 4.69) is 5.32 Å². The summed E-state index contributed by atoms with van der Waals surface area (Å²) in [6.07, 6.45) is 1.96. The van der Waals surface area contributed by atoms with Gasteiger partial charge in [0.1, 0.15) is 17.9 Å². The van der Waals surface area contributed by atoms with Crippen molar-refractivity contribution in [2.24, 2.45) is 0 Å². The maximum absolute atomic E-state index is 13.3. The minimum absolute atomic E-state index is 0.177. The van der Waals surface area contributed by atoms with Gasteiger partial charge in [0.05, 0.1) is 6.04 Å². The van der Waals surface area contributed by atoms with Gasteiger partial charge in [-0.05, 0) is 42.5 Å². The number of nitrogens with one attached hydrogen (secondary N) is 1. The van der Waals surface area contributed by atoms with Gasteiger partial charge in [0.25, 0.3) is 5.91 Å². The predicted octanol–water partition coefficient (Wildman–Crippen LogP) is 3.35. The van der Waals surface area contributed by atoms with Crippen molar-refractivity contribution in [3.63, 3.8) is 0 Å². The summed E-state index contributed by atoms with van der Waals surface area (Å²) in [6.45, 7) is 2.07. The largest absolute Gasteiger partial charge is 0.334 e. The fraction of sp³-hybridized carbons (Fsp3) is 0.348. The second kappa shape index (κ2) is 7.89. The first-order valence-electron chi connectivity index (χ1n) is 10.2. The number of likely N-dealkylation sites (tertiary alicyclic amines) is 1. The number of hydrogen-bond donors (Lipinski definition) is 1. The Balaban J connectivity index is 1.53. The van der Waals surface area contributed by atoms with Gasteiger partial charge in [-0.25, -0.2) is 9.18 Å². The Hall–Kier alpha value is -3.22. The molecule has 0 spiro atoms. The van der Waals surface area contributed by atoms with Crippen molar-refractivity contribution in [3.8, 4) is 0 Å². The molecular formula is C23H24FN3O3. The third-order valence-electron chi connectivity index (χ3n) is 6.09. The highest BCUT2D eigenvalue weighted by Crippen LogP contribution is 2.34. The molecule has 0 aliphatic carbocycles. The maximum atomic E-state index is 13.3. The molecule has 2 saturated heterocycles. The maximum Gasteiger partial charge on any atom is 0.325 e. The topological polar surface area (TPSA) is 69.7 Å². The lowest BCUT2D eigenvalue weighted by Crippen LogP contribution is -2.45. The van der Waals surface area contributed by atoms with E-state index in [0.717, 1.165) is 23.3 Å². The highest BCUT2D eigenvalue weighted by molar-refractivity contribution is 6.09. The van der Waals surface area contributed by atoms with Crippen LogP contribution < -0.4 is 5.32 Å². The van der Waals surface area contributed by atoms with Crippen LogP contribution in [0.25, 0.3) is 0 Å². The normalized spacial score (nSPS) is 23.7. The average Bonchev–Trinajstić information content (AvgIpc) is 3.34. The first-order valence-corrected chi connectivity index (χ1v) is 10.2. The van der Waals surface area contributed by atoms with Gasteiger partial charge < -0.3 is 10.2 Å². The molecule has 4 amide bonds. The number of halogens is 1. The van der Waals surface area contributed by atoms with Crippen LogP contribution in [0.5, 0.6) is 0 Å². The van der Waals surface area contributed by atoms with Gasteiger partial charge in [-0.1, -0.05) is 49.4 Å². The summed E-state index contributed by atoms with van der Waals surface area (Å²) >= 11 is 0. The molecule has 2 aliphatic rings. The van der Waals surface area contributed by atoms with E-state index in [-0.39, 0.29) is 24.3 Å². The van der Waals surface area contributed by atoms with E-state index < -0.39 is 17.5 Å². The summed E-state index contributed by atoms with van der Waals surface area (Å²) in [5, 5.41) is 2.80. The van der Waals surface area contributed by atoms with Gasteiger partial charge in [0.2, 0.25) is 5.91 Å². The minimum Gasteiger partial charge on any atom is -0.334 e. The molecule has 2 heterocycles. The standard InChI is InChI=1S/C23H24FN3O3/c1-2-23(17-7-4-3-5-8-17)21(29)27(22(30)25-23)15-20(28)26-14-6-9-19(26)16-10-12-18(24)13-11-16/h3-5,7-8,10-13,19H,2,6,9,14-15H2,1H3,(H,25,30). The molecule has 1 N–H and O–H groups in total. The Labute approximate surface area is 174 Å². The van der Waals surface area contributed by atoms with E-state index in [1.165, 1.54) is 12.1 Å². The number of urea groups is 1. The quantitative estimate of drug-likeness (QED) is 0.770. The number of rotatable bonds is 5. The second-order valence-corrected chi connectivity index (χ2v) is 7.74. The van der Waals surface area contributed by atoms with Crippen molar-refractivity contribution in [1.82, 2.24) is 15.1 Å². The number of imide groups is 1. The first-order chi connectivity index (χ1) is 14.5. The summed E-state index contributed by atoms with van der Waals surface area (Å²) in [5.74, 6) is -1.02. The zero-order valence-electron chi connectivity index (χ0n) is 16.8. The van der Waals surface area contributed by atoms with Crippen LogP contribution in [-0.4, -0.2) is 40.7 Å². The fourth-order valence-corrected chi connectivity index (χ4v) is 4.45. The molecule has 2 aliphatic heterocycles. The molecule has 0 saturated carbocycles. The zero-order valence-corrected chi connectivity index (χ0v) is 16.8. The van der Waals surface area contributed by atoms with E-state index in [1.54, 1.807) is 29.2 Å². The summed E-state index contributed by atoms with van der Waals surface area (Å²) < 4.78 is 13.3. The Morgan fingerprint density at radius 2 is 1.83 bits per heavy atom. The van der Waals surface area contributed by atoms with Gasteiger partial charge in [-0.2, -0.15) is 0 Å². The molecule has 2 aromatic rings. The van der Waals surface area contributed by atoms with Crippen LogP contribution in [0, 0.1) is 5.82 Å². The van der Waals surface area contributed by atoms with E-state index >= 15 is 0 Å². The lowest BCUT2D eigenvalue weighted by molar-refractivity contribution is -0.139. The second-order valence-electron chi connectivity index (χ2n) is 7.74. The Bertz CT molecular complexity index is 963. The monoisotopic (exact) mass is 409 g/mol. The van der Waals surface area contributed by atoms with Crippen LogP contribution in [0.2, 0.25) is 0 Å². The summed E-state index contributed by atoms with van der Waals surface area (Å²) in [6, 6.07) is 14.5. The fourth-order valence-electron chi connectivity index (χ4n) is 4.45. The van der Waals surface area contributed by atoms with Crippen LogP contribution in [0.3, 0.4) is 0 Å². The molecule has 2 fully saturated rings. The van der Waals surface area contributed by atoms with Crippen molar-refractivity contribution in [2.45, 2.75) is 37.8 Å². The number of nitrogens with zero attached hydrogens (tertiary/aromatic N) is 2. The van der Waals surface area contributed by atoms with Crippen molar-refractivity contribution >= 4 is 17.8 Å². The molecule has 0 radical (unpaired) electrons. The average molecular weight is 409 g/mol. The summed E-state index contributed by atoms with van der Waals surface area (Å²) in [5.41, 5.74) is 0.401. The van der Waals surface area contributed by atoms with Gasteiger partial charge in [0, 0.05) is 6.54 Å². The van der Waals surface area contributed by atoms with Gasteiger partial charge >= 0.3 is 6.03 Å². The van der Waals surface area contributed by atoms with E-state index in [1.807, 2.05) is 25.1 Å². The van der Waals surface area contributed by atoms with Crippen molar-refractivity contribution < 1.29 is 18.8 Å². The number of hydrogen-bond acceptors (Lipinski definition) is 3. The molecular weight excluding hydrogens is 385 g/mol. The molecule has 30 heavy (non-hydrogen) atoms. The van der Waals surface area contributed by atoms with Gasteiger partial charge in [-0.3, -0.25) is 14.5 Å². The summed E-state index contributed by atoms with van der Waals surface area (Å²) in [4.78, 5) is 41.6. The van der Waals surface area contributed by atoms with Crippen molar-refractivity contribution in [1.29, 1.82) is 0 Å². The molecule has 0 bridgehead atoms. The lowest BCUT2D eigenvalue weighted by atomic mass is 9.87. The van der Waals surface area contributed by atoms with Crippen LogP contribution in [0.4, 0.5) is 9.18 Å². The number of amides is 4. The molecule has 0 aromatic heterocycles. The summed E-state index contributed by atoms with van der Waals surface area (Å²) in [7, 11) is 0. The molecule has 2 unspecified atom stereocenters. The van der Waals surface area contributed by atoms with E-state index in [9.17, 15) is 18.8 Å². The van der Waals surface area contributed by atoms with Gasteiger partial charge in [-0.15, -0.1) is 0 Å². The van der Waals surface area contributed by atoms with Crippen LogP contribution in [0.15, 0.2) is 54.6 Å². The van der Waals surface area contributed by atoms with Crippen molar-refractivity contribution in [3.05, 3.63) is 71.5 Å². The van der Waals surface area contributed by atoms with E-state index in [4.69, 9.17) is 0 Å². The molecule has 156 valence electrons. The molecule has 2 atom stereocenters. The Morgan fingerprint density at radius 1 is 1.13 bits per heavy atom. The number of carbonyl (C=O) groups is 3. The minimum atomic E-state index is -1.15. The molecule has 6 nitrogen and oxygen atoms in total.